The molecule has 0 aliphatic rings. The van der Waals surface area contributed by atoms with Crippen LogP contribution in [-0.2, 0) is 0 Å². The number of aromatic amines is 1. The Morgan fingerprint density at radius 1 is 1.03 bits per heavy atom. The summed E-state index contributed by atoms with van der Waals surface area (Å²) in [5, 5.41) is 4.89. The fourth-order valence-corrected chi connectivity index (χ4v) is 4.62. The molecule has 3 aromatic carbocycles. The fraction of sp³-hybridized carbons (Fsp3) is 0.160. The summed E-state index contributed by atoms with van der Waals surface area (Å²) in [7, 11) is 0. The molecule has 2 N–H and O–H groups in total. The summed E-state index contributed by atoms with van der Waals surface area (Å²) < 4.78 is 5.57. The zero-order valence-corrected chi connectivity index (χ0v) is 18.7. The molecule has 0 fully saturated rings. The standard InChI is InChI=1S/C25H23ClN2O2S/c1-2-30-22-10-6-4-8-20(22)25(29)27-15-16-31-24-19-7-3-5-9-21(19)28-23(24)17-11-13-18(26)14-12-17/h3-14,28H,2,15-16H2,1H3,(H,27,29). The van der Waals surface area contributed by atoms with Gasteiger partial charge < -0.3 is 15.0 Å². The molecule has 1 heterocycles. The zero-order valence-electron chi connectivity index (χ0n) is 17.2. The number of hydrogen-bond acceptors (Lipinski definition) is 3. The number of thioether (sulfide) groups is 1. The highest BCUT2D eigenvalue weighted by Crippen LogP contribution is 2.37. The van der Waals surface area contributed by atoms with Crippen molar-refractivity contribution in [3.05, 3.63) is 83.4 Å². The van der Waals surface area contributed by atoms with E-state index in [4.69, 9.17) is 16.3 Å². The van der Waals surface area contributed by atoms with Gasteiger partial charge in [0.1, 0.15) is 5.75 Å². The maximum atomic E-state index is 12.6. The minimum Gasteiger partial charge on any atom is -0.493 e. The molecule has 31 heavy (non-hydrogen) atoms. The number of hydrogen-bond donors (Lipinski definition) is 2. The highest BCUT2D eigenvalue weighted by atomic mass is 35.5. The lowest BCUT2D eigenvalue weighted by Crippen LogP contribution is -2.26. The monoisotopic (exact) mass is 450 g/mol. The van der Waals surface area contributed by atoms with E-state index in [2.05, 4.69) is 22.4 Å². The van der Waals surface area contributed by atoms with Crippen LogP contribution in [-0.4, -0.2) is 29.8 Å². The molecule has 4 aromatic rings. The van der Waals surface area contributed by atoms with Gasteiger partial charge >= 0.3 is 0 Å². The van der Waals surface area contributed by atoms with Crippen molar-refractivity contribution >= 4 is 40.2 Å². The van der Waals surface area contributed by atoms with Crippen LogP contribution in [0.15, 0.2) is 77.7 Å². The van der Waals surface area contributed by atoms with Gasteiger partial charge in [0.25, 0.3) is 5.91 Å². The van der Waals surface area contributed by atoms with Gasteiger partial charge in [-0.25, -0.2) is 0 Å². The van der Waals surface area contributed by atoms with Crippen LogP contribution in [0.5, 0.6) is 5.75 Å². The Kier molecular flexibility index (Phi) is 6.85. The van der Waals surface area contributed by atoms with E-state index in [1.54, 1.807) is 17.8 Å². The van der Waals surface area contributed by atoms with E-state index in [-0.39, 0.29) is 5.91 Å². The molecule has 0 unspecified atom stereocenters. The van der Waals surface area contributed by atoms with Gasteiger partial charge in [-0.3, -0.25) is 4.79 Å². The molecule has 0 atom stereocenters. The van der Waals surface area contributed by atoms with Gasteiger partial charge in [-0.05, 0) is 42.8 Å². The first kappa shape index (κ1) is 21.3. The number of fused-ring (bicyclic) bond motifs is 1. The number of nitrogens with one attached hydrogen (secondary N) is 2. The third kappa shape index (κ3) is 4.89. The molecule has 1 aromatic heterocycles. The summed E-state index contributed by atoms with van der Waals surface area (Å²) >= 11 is 7.79. The molecule has 0 aliphatic heterocycles. The number of aromatic nitrogens is 1. The van der Waals surface area contributed by atoms with E-state index in [9.17, 15) is 4.79 Å². The van der Waals surface area contributed by atoms with Crippen molar-refractivity contribution in [2.45, 2.75) is 11.8 Å². The van der Waals surface area contributed by atoms with Crippen LogP contribution in [0.25, 0.3) is 22.2 Å². The number of carbonyl (C=O) groups excluding carboxylic acids is 1. The second-order valence-electron chi connectivity index (χ2n) is 6.92. The number of benzene rings is 3. The van der Waals surface area contributed by atoms with Gasteiger partial charge in [0.05, 0.1) is 17.9 Å². The molecule has 0 aliphatic carbocycles. The smallest absolute Gasteiger partial charge is 0.255 e. The number of amides is 1. The van der Waals surface area contributed by atoms with Crippen LogP contribution in [0.4, 0.5) is 0 Å². The summed E-state index contributed by atoms with van der Waals surface area (Å²) in [5.74, 6) is 1.23. The molecule has 0 saturated heterocycles. The van der Waals surface area contributed by atoms with Crippen molar-refractivity contribution in [1.82, 2.24) is 10.3 Å². The Morgan fingerprint density at radius 2 is 1.77 bits per heavy atom. The van der Waals surface area contributed by atoms with Crippen LogP contribution in [0.1, 0.15) is 17.3 Å². The second-order valence-corrected chi connectivity index (χ2v) is 8.46. The number of carbonyl (C=O) groups is 1. The average Bonchev–Trinajstić information content (AvgIpc) is 3.16. The summed E-state index contributed by atoms with van der Waals surface area (Å²) in [6.07, 6.45) is 0. The maximum Gasteiger partial charge on any atom is 0.255 e. The molecular weight excluding hydrogens is 428 g/mol. The Bertz CT molecular complexity index is 1190. The van der Waals surface area contributed by atoms with E-state index >= 15 is 0 Å². The number of para-hydroxylation sites is 2. The van der Waals surface area contributed by atoms with Crippen molar-refractivity contribution in [1.29, 1.82) is 0 Å². The lowest BCUT2D eigenvalue weighted by molar-refractivity contribution is 0.0952. The molecule has 4 rings (SSSR count). The molecule has 1 amide bonds. The molecule has 0 saturated carbocycles. The minimum absolute atomic E-state index is 0.124. The topological polar surface area (TPSA) is 54.1 Å². The Morgan fingerprint density at radius 3 is 2.58 bits per heavy atom. The van der Waals surface area contributed by atoms with E-state index < -0.39 is 0 Å². The number of H-pyrrole nitrogens is 1. The fourth-order valence-electron chi connectivity index (χ4n) is 3.43. The average molecular weight is 451 g/mol. The van der Waals surface area contributed by atoms with Crippen LogP contribution in [0.3, 0.4) is 0 Å². The minimum atomic E-state index is -0.124. The molecule has 0 bridgehead atoms. The highest BCUT2D eigenvalue weighted by molar-refractivity contribution is 7.99. The van der Waals surface area contributed by atoms with Gasteiger partial charge in [-0.2, -0.15) is 0 Å². The predicted octanol–water partition coefficient (Wildman–Crippen LogP) is 6.41. The quantitative estimate of drug-likeness (QED) is 0.241. The summed E-state index contributed by atoms with van der Waals surface area (Å²) in [4.78, 5) is 17.3. The number of ether oxygens (including phenoxy) is 1. The van der Waals surface area contributed by atoms with E-state index in [1.165, 1.54) is 10.3 Å². The van der Waals surface area contributed by atoms with Crippen molar-refractivity contribution < 1.29 is 9.53 Å². The first-order valence-corrected chi connectivity index (χ1v) is 11.5. The van der Waals surface area contributed by atoms with Crippen molar-refractivity contribution in [3.8, 4) is 17.0 Å². The second kappa shape index (κ2) is 9.94. The first-order chi connectivity index (χ1) is 15.2. The molecule has 6 heteroatoms. The van der Waals surface area contributed by atoms with Gasteiger partial charge in [-0.15, -0.1) is 11.8 Å². The van der Waals surface area contributed by atoms with Crippen LogP contribution in [0.2, 0.25) is 5.02 Å². The van der Waals surface area contributed by atoms with Crippen LogP contribution >= 0.6 is 23.4 Å². The van der Waals surface area contributed by atoms with Crippen molar-refractivity contribution in [2.24, 2.45) is 0 Å². The molecular formula is C25H23ClN2O2S. The van der Waals surface area contributed by atoms with E-state index in [0.29, 0.717) is 29.5 Å². The zero-order chi connectivity index (χ0) is 21.6. The molecule has 4 nitrogen and oxygen atoms in total. The Labute approximate surface area is 191 Å². The molecule has 0 radical (unpaired) electrons. The van der Waals surface area contributed by atoms with E-state index in [0.717, 1.165) is 22.5 Å². The van der Waals surface area contributed by atoms with Gasteiger partial charge in [0.2, 0.25) is 0 Å². The number of rotatable bonds is 8. The molecule has 0 spiro atoms. The number of halogens is 1. The van der Waals surface area contributed by atoms with Gasteiger partial charge in [0, 0.05) is 33.1 Å². The van der Waals surface area contributed by atoms with Crippen molar-refractivity contribution in [2.75, 3.05) is 18.9 Å². The lowest BCUT2D eigenvalue weighted by atomic mass is 10.1. The SMILES string of the molecule is CCOc1ccccc1C(=O)NCCSc1c(-c2ccc(Cl)cc2)[nH]c2ccccc12. The Hall–Kier alpha value is -2.89. The normalized spacial score (nSPS) is 10.9. The highest BCUT2D eigenvalue weighted by Gasteiger charge is 2.15. The Balaban J connectivity index is 1.48. The third-order valence-electron chi connectivity index (χ3n) is 4.86. The summed E-state index contributed by atoms with van der Waals surface area (Å²) in [6.45, 7) is 2.97. The predicted molar refractivity (Wildman–Crippen MR) is 129 cm³/mol. The van der Waals surface area contributed by atoms with Gasteiger partial charge in [0.15, 0.2) is 0 Å². The third-order valence-corrected chi connectivity index (χ3v) is 6.23. The van der Waals surface area contributed by atoms with Crippen LogP contribution < -0.4 is 10.1 Å². The summed E-state index contributed by atoms with van der Waals surface area (Å²) in [6, 6.07) is 23.4. The molecule has 158 valence electrons. The van der Waals surface area contributed by atoms with E-state index in [1.807, 2.05) is 61.5 Å². The lowest BCUT2D eigenvalue weighted by Gasteiger charge is -2.10. The van der Waals surface area contributed by atoms with Crippen molar-refractivity contribution in [3.63, 3.8) is 0 Å². The maximum absolute atomic E-state index is 12.6. The summed E-state index contributed by atoms with van der Waals surface area (Å²) in [5.41, 5.74) is 3.79. The first-order valence-electron chi connectivity index (χ1n) is 10.2. The van der Waals surface area contributed by atoms with Gasteiger partial charge in [-0.1, -0.05) is 54.1 Å². The van der Waals surface area contributed by atoms with Crippen LogP contribution in [0, 0.1) is 0 Å². The largest absolute Gasteiger partial charge is 0.493 e.